The molecule has 228 valence electrons. The van der Waals surface area contributed by atoms with E-state index in [0.29, 0.717) is 17.7 Å². The molecule has 0 radical (unpaired) electrons. The monoisotopic (exact) mass is 612 g/mol. The molecule has 0 N–H and O–H groups in total. The molecule has 0 saturated carbocycles. The van der Waals surface area contributed by atoms with E-state index in [-0.39, 0.29) is 17.9 Å². The molecule has 0 atom stereocenters. The van der Waals surface area contributed by atoms with E-state index in [0.717, 1.165) is 27.9 Å². The van der Waals surface area contributed by atoms with Crippen LogP contribution in [-0.2, 0) is 18.5 Å². The van der Waals surface area contributed by atoms with E-state index in [1.165, 1.54) is 6.07 Å². The molecule has 5 heteroatoms. The van der Waals surface area contributed by atoms with Crippen LogP contribution in [0, 0.1) is 0 Å². The van der Waals surface area contributed by atoms with Crippen molar-refractivity contribution in [3.8, 4) is 5.69 Å². The van der Waals surface area contributed by atoms with Crippen LogP contribution in [0.5, 0.6) is 0 Å². The summed E-state index contributed by atoms with van der Waals surface area (Å²) in [6.45, 7) is 0.161. The van der Waals surface area contributed by atoms with Crippen molar-refractivity contribution in [3.63, 3.8) is 0 Å². The number of Topliss-reactive ketones (excluding diaryl/α,β-unsaturated/α-hetero) is 1. The minimum atomic E-state index is -0.700. The van der Waals surface area contributed by atoms with E-state index in [1.807, 2.05) is 54.6 Å². The van der Waals surface area contributed by atoms with Gasteiger partial charge in [0, 0.05) is 46.6 Å². The highest BCUT2D eigenvalue weighted by atomic mass is 16.1. The van der Waals surface area contributed by atoms with Gasteiger partial charge in [-0.15, -0.1) is 0 Å². The molecule has 0 aliphatic heterocycles. The van der Waals surface area contributed by atoms with Crippen molar-refractivity contribution in [1.29, 1.82) is 0 Å². The number of carbonyl (C=O) groups excluding carboxylic acids is 1. The van der Waals surface area contributed by atoms with Gasteiger partial charge in [-0.25, -0.2) is 9.13 Å². The minimum absolute atomic E-state index is 0.0150. The fourth-order valence-electron chi connectivity index (χ4n) is 6.45. The van der Waals surface area contributed by atoms with Gasteiger partial charge in [-0.3, -0.25) is 14.2 Å². The Morgan fingerprint density at radius 1 is 0.596 bits per heavy atom. The normalized spacial score (nSPS) is 11.3. The second kappa shape index (κ2) is 13.1. The Balaban J connectivity index is 1.36. The van der Waals surface area contributed by atoms with Gasteiger partial charge in [-0.1, -0.05) is 127 Å². The first kappa shape index (κ1) is 29.6. The molecule has 0 spiro atoms. The lowest BCUT2D eigenvalue weighted by molar-refractivity contribution is -0.734. The lowest BCUT2D eigenvalue weighted by Gasteiger charge is -2.32. The maximum Gasteiger partial charge on any atom is 0.255 e. The third-order valence-electron chi connectivity index (χ3n) is 8.71. The Hall–Kier alpha value is -6.07. The maximum atomic E-state index is 13.9. The summed E-state index contributed by atoms with van der Waals surface area (Å²) >= 11 is 0. The largest absolute Gasteiger partial charge is 0.290 e. The van der Waals surface area contributed by atoms with E-state index < -0.39 is 5.54 Å². The fourth-order valence-corrected chi connectivity index (χ4v) is 6.45. The summed E-state index contributed by atoms with van der Waals surface area (Å²) < 4.78 is 5.91. The van der Waals surface area contributed by atoms with E-state index in [4.69, 9.17) is 0 Å². The highest BCUT2D eigenvalue weighted by Crippen LogP contribution is 2.36. The van der Waals surface area contributed by atoms with Gasteiger partial charge < -0.3 is 0 Å². The van der Waals surface area contributed by atoms with Crippen LogP contribution in [0.3, 0.4) is 0 Å². The van der Waals surface area contributed by atoms with Crippen molar-refractivity contribution in [2.75, 3.05) is 0 Å². The average molecular weight is 613 g/mol. The van der Waals surface area contributed by atoms with Crippen molar-refractivity contribution in [3.05, 3.63) is 226 Å². The second-order valence-corrected chi connectivity index (χ2v) is 11.6. The Morgan fingerprint density at radius 2 is 1.11 bits per heavy atom. The third kappa shape index (κ3) is 5.87. The summed E-state index contributed by atoms with van der Waals surface area (Å²) in [6.07, 6.45) is 6.66. The quantitative estimate of drug-likeness (QED) is 0.0929. The molecular weight excluding hydrogens is 578 g/mol. The van der Waals surface area contributed by atoms with Gasteiger partial charge in [-0.2, -0.15) is 0 Å². The van der Waals surface area contributed by atoms with Gasteiger partial charge in [0.05, 0.1) is 0 Å². The van der Waals surface area contributed by atoms with Crippen LogP contribution >= 0.6 is 0 Å². The number of ketones is 1. The molecule has 2 aromatic heterocycles. The number of rotatable bonds is 10. The Morgan fingerprint density at radius 3 is 1.64 bits per heavy atom. The predicted molar refractivity (Wildman–Crippen MR) is 185 cm³/mol. The number of benzene rings is 5. The van der Waals surface area contributed by atoms with Crippen LogP contribution in [0.4, 0.5) is 0 Å². The number of nitrogens with zero attached hydrogens (tertiary/aromatic N) is 3. The molecule has 0 saturated heterocycles. The smallest absolute Gasteiger partial charge is 0.255 e. The molecular formula is C42H34N3O2+. The topological polar surface area (TPSA) is 47.9 Å². The van der Waals surface area contributed by atoms with Crippen molar-refractivity contribution >= 4 is 5.78 Å². The van der Waals surface area contributed by atoms with Gasteiger partial charge in [-0.05, 0) is 35.9 Å². The van der Waals surface area contributed by atoms with Crippen molar-refractivity contribution in [1.82, 2.24) is 9.13 Å². The van der Waals surface area contributed by atoms with E-state index in [9.17, 15) is 9.59 Å². The minimum Gasteiger partial charge on any atom is -0.290 e. The summed E-state index contributed by atoms with van der Waals surface area (Å²) in [6, 6.07) is 54.3. The van der Waals surface area contributed by atoms with E-state index >= 15 is 0 Å². The summed E-state index contributed by atoms with van der Waals surface area (Å²) in [5.74, 6) is -0.0150. The summed E-state index contributed by atoms with van der Waals surface area (Å²) in [5, 5.41) is 0. The second-order valence-electron chi connectivity index (χ2n) is 11.6. The highest BCUT2D eigenvalue weighted by Gasteiger charge is 2.43. The number of hydrogen-bond donors (Lipinski definition) is 0. The molecule has 0 fully saturated rings. The molecule has 5 aromatic carbocycles. The van der Waals surface area contributed by atoms with Crippen molar-refractivity contribution < 1.29 is 9.36 Å². The Kier molecular flexibility index (Phi) is 8.27. The molecule has 7 aromatic rings. The van der Waals surface area contributed by atoms with Gasteiger partial charge in [0.1, 0.15) is 11.9 Å². The number of aromatic nitrogens is 3. The van der Waals surface area contributed by atoms with Crippen molar-refractivity contribution in [2.24, 2.45) is 0 Å². The lowest BCUT2D eigenvalue weighted by Crippen LogP contribution is -2.57. The summed E-state index contributed by atoms with van der Waals surface area (Å²) in [4.78, 5) is 26.3. The van der Waals surface area contributed by atoms with Gasteiger partial charge >= 0.3 is 0 Å². The summed E-state index contributed by atoms with van der Waals surface area (Å²) in [7, 11) is 0. The highest BCUT2D eigenvalue weighted by molar-refractivity contribution is 5.96. The first-order chi connectivity index (χ1) is 23.1. The summed E-state index contributed by atoms with van der Waals surface area (Å²) in [5.41, 5.74) is 6.01. The third-order valence-corrected chi connectivity index (χ3v) is 8.71. The van der Waals surface area contributed by atoms with Gasteiger partial charge in [0.15, 0.2) is 12.1 Å². The van der Waals surface area contributed by atoms with Crippen LogP contribution in [0.25, 0.3) is 5.69 Å². The standard InChI is InChI=1S/C42H34N3O2/c46-40(34-24-26-38(27-25-34)45-28-14-13-23-41(45)47)31-43-32-44(30-39(43)29-33-15-5-1-6-16-33)42(35-17-7-2-8-18-35,36-19-9-3-10-20-36)37-21-11-4-12-22-37/h1-28,30,32H,29,31H2/q+1. The zero-order valence-electron chi connectivity index (χ0n) is 25.9. The SMILES string of the molecule is O=C(Cn1c[n+](C(c2ccccc2)(c2ccccc2)c2ccccc2)cc1Cc1ccccc1)c1ccc(-n2ccccc2=O)cc1. The van der Waals surface area contributed by atoms with Crippen molar-refractivity contribution in [2.45, 2.75) is 18.5 Å². The van der Waals surface area contributed by atoms with Crippen LogP contribution in [-0.4, -0.2) is 14.9 Å². The first-order valence-electron chi connectivity index (χ1n) is 15.8. The number of hydrogen-bond acceptors (Lipinski definition) is 2. The molecule has 2 heterocycles. The number of pyridine rings is 1. The van der Waals surface area contributed by atoms with Crippen LogP contribution in [0.1, 0.15) is 38.3 Å². The van der Waals surface area contributed by atoms with E-state index in [2.05, 4.69) is 107 Å². The number of imidazole rings is 1. The average Bonchev–Trinajstić information content (AvgIpc) is 3.52. The molecule has 0 amide bonds. The molecule has 47 heavy (non-hydrogen) atoms. The van der Waals surface area contributed by atoms with Crippen LogP contribution in [0.2, 0.25) is 0 Å². The fraction of sp³-hybridized carbons (Fsp3) is 0.0714. The molecule has 7 rings (SSSR count). The maximum absolute atomic E-state index is 13.9. The van der Waals surface area contributed by atoms with Gasteiger partial charge in [0.2, 0.25) is 12.1 Å². The molecule has 0 bridgehead atoms. The molecule has 0 aliphatic carbocycles. The predicted octanol–water partition coefficient (Wildman–Crippen LogP) is 7.24. The Bertz CT molecular complexity index is 2060. The van der Waals surface area contributed by atoms with E-state index in [1.54, 1.807) is 29.0 Å². The number of carbonyl (C=O) groups is 1. The molecule has 0 aliphatic rings. The molecule has 5 nitrogen and oxygen atoms in total. The van der Waals surface area contributed by atoms with Crippen LogP contribution in [0.15, 0.2) is 187 Å². The Labute approximate surface area is 274 Å². The van der Waals surface area contributed by atoms with Crippen LogP contribution < -0.4 is 10.1 Å². The first-order valence-corrected chi connectivity index (χ1v) is 15.8. The zero-order valence-corrected chi connectivity index (χ0v) is 25.9. The van der Waals surface area contributed by atoms with Gasteiger partial charge in [0.25, 0.3) is 5.56 Å². The lowest BCUT2D eigenvalue weighted by atomic mass is 9.77. The molecule has 0 unspecified atom stereocenters. The zero-order chi connectivity index (χ0) is 32.1.